The highest BCUT2D eigenvalue weighted by Crippen LogP contribution is 2.52. The Kier molecular flexibility index (Phi) is 3.76. The van der Waals surface area contributed by atoms with Crippen LogP contribution in [-0.4, -0.2) is 52.0 Å². The lowest BCUT2D eigenvalue weighted by Crippen LogP contribution is -2.39. The summed E-state index contributed by atoms with van der Waals surface area (Å²) in [4.78, 5) is 56.1. The Labute approximate surface area is 156 Å². The van der Waals surface area contributed by atoms with Gasteiger partial charge in [0.2, 0.25) is 0 Å². The van der Waals surface area contributed by atoms with Crippen molar-refractivity contribution in [1.82, 2.24) is 9.96 Å². The Morgan fingerprint density at radius 2 is 1.67 bits per heavy atom. The molecule has 0 bridgehead atoms. The van der Waals surface area contributed by atoms with Crippen LogP contribution in [0.4, 0.5) is 4.79 Å². The Bertz CT molecular complexity index is 823. The molecule has 0 N–H and O–H groups in total. The first kappa shape index (κ1) is 17.5. The molecule has 1 saturated heterocycles. The van der Waals surface area contributed by atoms with Crippen LogP contribution in [0.15, 0.2) is 24.3 Å². The number of carbonyl (C=O) groups is 4. The van der Waals surface area contributed by atoms with Gasteiger partial charge in [0.1, 0.15) is 5.60 Å². The highest BCUT2D eigenvalue weighted by molar-refractivity contribution is 6.20. The zero-order valence-electron chi connectivity index (χ0n) is 15.3. The minimum atomic E-state index is -0.673. The van der Waals surface area contributed by atoms with Crippen molar-refractivity contribution in [3.63, 3.8) is 0 Å². The first-order valence-corrected chi connectivity index (χ1v) is 8.88. The lowest BCUT2D eigenvalue weighted by atomic mass is 10.1. The van der Waals surface area contributed by atoms with Crippen LogP contribution in [0.25, 0.3) is 0 Å². The molecule has 2 heterocycles. The zero-order chi connectivity index (χ0) is 19.5. The molecule has 8 nitrogen and oxygen atoms in total. The topological polar surface area (TPSA) is 93.2 Å². The molecule has 1 saturated carbocycles. The van der Waals surface area contributed by atoms with Gasteiger partial charge < -0.3 is 14.5 Å². The molecule has 1 aromatic carbocycles. The number of hydrogen-bond donors (Lipinski definition) is 0. The minimum Gasteiger partial charge on any atom is -0.444 e. The molecule has 2 aliphatic heterocycles. The maximum atomic E-state index is 12.5. The molecular formula is C19H20N2O6. The fourth-order valence-electron chi connectivity index (χ4n) is 3.82. The summed E-state index contributed by atoms with van der Waals surface area (Å²) in [5.41, 5.74) is -0.205. The summed E-state index contributed by atoms with van der Waals surface area (Å²) in [5, 5.41) is 0.513. The maximum absolute atomic E-state index is 12.5. The van der Waals surface area contributed by atoms with Gasteiger partial charge in [-0.15, -0.1) is 0 Å². The fourth-order valence-corrected chi connectivity index (χ4v) is 3.82. The van der Waals surface area contributed by atoms with Crippen molar-refractivity contribution in [3.8, 4) is 0 Å². The summed E-state index contributed by atoms with van der Waals surface area (Å²) >= 11 is 0. The van der Waals surface area contributed by atoms with Gasteiger partial charge in [-0.05, 0) is 45.2 Å². The van der Waals surface area contributed by atoms with Crippen LogP contribution in [0.1, 0.15) is 47.9 Å². The molecule has 3 amide bonds. The van der Waals surface area contributed by atoms with Crippen LogP contribution in [-0.2, 0) is 14.4 Å². The number of fused-ring (bicyclic) bond motifs is 2. The number of rotatable bonds is 2. The molecule has 2 fully saturated rings. The number of amides is 3. The Morgan fingerprint density at radius 1 is 1.07 bits per heavy atom. The first-order chi connectivity index (χ1) is 12.7. The van der Waals surface area contributed by atoms with E-state index in [2.05, 4.69) is 0 Å². The summed E-state index contributed by atoms with van der Waals surface area (Å²) in [6.45, 7) is 5.85. The highest BCUT2D eigenvalue weighted by Gasteiger charge is 2.64. The average molecular weight is 372 g/mol. The van der Waals surface area contributed by atoms with E-state index in [1.165, 1.54) is 17.0 Å². The zero-order valence-corrected chi connectivity index (χ0v) is 15.3. The van der Waals surface area contributed by atoms with E-state index in [-0.39, 0.29) is 23.1 Å². The highest BCUT2D eigenvalue weighted by atomic mass is 16.7. The number of likely N-dealkylation sites (tertiary alicyclic amines) is 1. The molecule has 0 unspecified atom stereocenters. The van der Waals surface area contributed by atoms with Gasteiger partial charge in [0.15, 0.2) is 0 Å². The van der Waals surface area contributed by atoms with Gasteiger partial charge in [0.05, 0.1) is 23.1 Å². The van der Waals surface area contributed by atoms with Gasteiger partial charge in [0, 0.05) is 6.54 Å². The van der Waals surface area contributed by atoms with Crippen molar-refractivity contribution in [2.24, 2.45) is 11.8 Å². The normalized spacial score (nSPS) is 26.0. The van der Waals surface area contributed by atoms with Gasteiger partial charge in [0.25, 0.3) is 11.8 Å². The lowest BCUT2D eigenvalue weighted by molar-refractivity contribution is -0.171. The van der Waals surface area contributed by atoms with E-state index in [1.54, 1.807) is 32.9 Å². The molecule has 4 rings (SSSR count). The second-order valence-electron chi connectivity index (χ2n) is 8.00. The summed E-state index contributed by atoms with van der Waals surface area (Å²) in [6, 6.07) is 6.00. The van der Waals surface area contributed by atoms with E-state index < -0.39 is 35.4 Å². The van der Waals surface area contributed by atoms with Crippen molar-refractivity contribution >= 4 is 23.9 Å². The Balaban J connectivity index is 1.42. The number of hydroxylamine groups is 2. The van der Waals surface area contributed by atoms with Gasteiger partial charge in [-0.25, -0.2) is 9.59 Å². The fraction of sp³-hybridized carbons (Fsp3) is 0.474. The monoisotopic (exact) mass is 372 g/mol. The third kappa shape index (κ3) is 2.85. The van der Waals surface area contributed by atoms with Crippen LogP contribution < -0.4 is 0 Å². The Hall–Kier alpha value is -2.90. The number of hydrogen-bond acceptors (Lipinski definition) is 6. The third-order valence-corrected chi connectivity index (χ3v) is 5.03. The van der Waals surface area contributed by atoms with E-state index in [4.69, 9.17) is 9.57 Å². The predicted molar refractivity (Wildman–Crippen MR) is 91.4 cm³/mol. The number of benzene rings is 1. The van der Waals surface area contributed by atoms with E-state index in [1.807, 2.05) is 0 Å². The number of carbonyl (C=O) groups excluding carboxylic acids is 4. The quantitative estimate of drug-likeness (QED) is 0.737. The van der Waals surface area contributed by atoms with Crippen LogP contribution in [0, 0.1) is 11.8 Å². The second-order valence-corrected chi connectivity index (χ2v) is 8.00. The van der Waals surface area contributed by atoms with Crippen molar-refractivity contribution in [2.75, 3.05) is 6.54 Å². The van der Waals surface area contributed by atoms with E-state index in [0.717, 1.165) is 0 Å². The molecule has 0 radical (unpaired) electrons. The van der Waals surface area contributed by atoms with Gasteiger partial charge in [-0.3, -0.25) is 9.59 Å². The summed E-state index contributed by atoms with van der Waals surface area (Å²) in [7, 11) is 0. The third-order valence-electron chi connectivity index (χ3n) is 5.03. The molecule has 1 aromatic rings. The summed E-state index contributed by atoms with van der Waals surface area (Å²) < 4.78 is 5.37. The van der Waals surface area contributed by atoms with Crippen molar-refractivity contribution < 1.29 is 28.8 Å². The van der Waals surface area contributed by atoms with Crippen molar-refractivity contribution in [2.45, 2.75) is 38.8 Å². The van der Waals surface area contributed by atoms with Crippen molar-refractivity contribution in [3.05, 3.63) is 35.4 Å². The standard InChI is InChI=1S/C19H20N2O6/c1-19(2,3)26-18(25)20-9-8-12-13(14(12)20)17(24)27-21-15(22)10-6-4-5-7-11(10)16(21)23/h4-7,12-14H,8-9H2,1-3H3/t12-,13-,14-/m0/s1. The van der Waals surface area contributed by atoms with E-state index in [9.17, 15) is 19.2 Å². The summed E-state index contributed by atoms with van der Waals surface area (Å²) in [6.07, 6.45) is 0.192. The van der Waals surface area contributed by atoms with E-state index >= 15 is 0 Å². The minimum absolute atomic E-state index is 0.0276. The van der Waals surface area contributed by atoms with Crippen LogP contribution in [0.3, 0.4) is 0 Å². The largest absolute Gasteiger partial charge is 0.444 e. The number of piperidine rings is 1. The van der Waals surface area contributed by atoms with Gasteiger partial charge >= 0.3 is 12.1 Å². The lowest BCUT2D eigenvalue weighted by Gasteiger charge is -2.26. The maximum Gasteiger partial charge on any atom is 0.410 e. The van der Waals surface area contributed by atoms with Crippen LogP contribution >= 0.6 is 0 Å². The average Bonchev–Trinajstić information content (AvgIpc) is 3.06. The smallest absolute Gasteiger partial charge is 0.410 e. The Morgan fingerprint density at radius 3 is 2.22 bits per heavy atom. The number of ether oxygens (including phenoxy) is 1. The van der Waals surface area contributed by atoms with Crippen LogP contribution in [0.2, 0.25) is 0 Å². The molecule has 142 valence electrons. The number of imide groups is 1. The molecule has 1 aliphatic carbocycles. The molecule has 27 heavy (non-hydrogen) atoms. The predicted octanol–water partition coefficient (Wildman–Crippen LogP) is 2.00. The molecule has 8 heteroatoms. The second kappa shape index (κ2) is 5.80. The number of nitrogens with zero attached hydrogens (tertiary/aromatic N) is 2. The van der Waals surface area contributed by atoms with Gasteiger partial charge in [-0.1, -0.05) is 17.2 Å². The SMILES string of the molecule is CC(C)(C)OC(=O)N1CC[C@H]2[C@H](C(=O)ON3C(=O)c4ccccc4C3=O)[C@H]21. The molecule has 0 spiro atoms. The first-order valence-electron chi connectivity index (χ1n) is 8.88. The van der Waals surface area contributed by atoms with Crippen LogP contribution in [0.5, 0.6) is 0 Å². The van der Waals surface area contributed by atoms with Gasteiger partial charge in [-0.2, -0.15) is 0 Å². The molecular weight excluding hydrogens is 352 g/mol. The molecule has 3 atom stereocenters. The van der Waals surface area contributed by atoms with Crippen molar-refractivity contribution in [1.29, 1.82) is 0 Å². The summed E-state index contributed by atoms with van der Waals surface area (Å²) in [5.74, 6) is -2.55. The van der Waals surface area contributed by atoms with E-state index in [0.29, 0.717) is 18.0 Å². The molecule has 0 aromatic heterocycles. The molecule has 3 aliphatic rings.